The molecule has 1 amide bonds. The number of pyridine rings is 1. The molecule has 1 aliphatic rings. The van der Waals surface area contributed by atoms with Crippen LogP contribution in [0.25, 0.3) is 0 Å². The van der Waals surface area contributed by atoms with E-state index in [4.69, 9.17) is 5.11 Å². The van der Waals surface area contributed by atoms with E-state index in [1.165, 1.54) is 11.8 Å². The molecule has 1 aliphatic heterocycles. The summed E-state index contributed by atoms with van der Waals surface area (Å²) in [7, 11) is 0. The van der Waals surface area contributed by atoms with Gasteiger partial charge in [-0.2, -0.15) is 13.2 Å². The van der Waals surface area contributed by atoms with Gasteiger partial charge in [-0.05, 0) is 31.9 Å². The van der Waals surface area contributed by atoms with Gasteiger partial charge >= 0.3 is 12.1 Å². The fourth-order valence-electron chi connectivity index (χ4n) is 2.37. The van der Waals surface area contributed by atoms with Crippen LogP contribution in [0, 0.1) is 6.92 Å². The summed E-state index contributed by atoms with van der Waals surface area (Å²) in [6.07, 6.45) is -3.69. The van der Waals surface area contributed by atoms with Gasteiger partial charge in [0.2, 0.25) is 0 Å². The number of aryl methyl sites for hydroxylation is 1. The van der Waals surface area contributed by atoms with E-state index in [1.807, 2.05) is 0 Å². The predicted octanol–water partition coefficient (Wildman–Crippen LogP) is 2.10. The van der Waals surface area contributed by atoms with Crippen LogP contribution in [0.1, 0.15) is 34.6 Å². The lowest BCUT2D eigenvalue weighted by Gasteiger charge is -2.22. The molecule has 1 N–H and O–H groups in total. The van der Waals surface area contributed by atoms with Crippen molar-refractivity contribution in [1.29, 1.82) is 0 Å². The number of rotatable bonds is 2. The highest BCUT2D eigenvalue weighted by Gasteiger charge is 2.36. The molecule has 114 valence electrons. The average Bonchev–Trinajstić information content (AvgIpc) is 2.86. The third-order valence-electron chi connectivity index (χ3n) is 3.41. The van der Waals surface area contributed by atoms with Gasteiger partial charge in [0.25, 0.3) is 5.91 Å². The number of aromatic nitrogens is 1. The van der Waals surface area contributed by atoms with Crippen molar-refractivity contribution in [2.75, 3.05) is 6.54 Å². The number of carboxylic acid groups (broad SMARTS) is 1. The van der Waals surface area contributed by atoms with Crippen LogP contribution in [-0.2, 0) is 11.0 Å². The summed E-state index contributed by atoms with van der Waals surface area (Å²) in [5.41, 5.74) is -1.14. The highest BCUT2D eigenvalue weighted by Crippen LogP contribution is 2.29. The van der Waals surface area contributed by atoms with Crippen molar-refractivity contribution in [1.82, 2.24) is 9.88 Å². The van der Waals surface area contributed by atoms with Crippen molar-refractivity contribution in [2.45, 2.75) is 32.0 Å². The van der Waals surface area contributed by atoms with E-state index in [2.05, 4.69) is 4.98 Å². The standard InChI is InChI=1S/C13H13F3N2O3/c1-7-8(4-5-10(17-7)13(14,15)16)11(19)18-6-2-3-9(18)12(20)21/h4-5,9H,2-3,6H2,1H3,(H,20,21)/t9-/m0/s1. The van der Waals surface area contributed by atoms with Crippen molar-refractivity contribution in [3.05, 3.63) is 29.1 Å². The minimum atomic E-state index is -4.58. The number of halogens is 3. The number of hydrogen-bond acceptors (Lipinski definition) is 3. The van der Waals surface area contributed by atoms with Crippen LogP contribution >= 0.6 is 0 Å². The summed E-state index contributed by atoms with van der Waals surface area (Å²) < 4.78 is 37.6. The van der Waals surface area contributed by atoms with Crippen molar-refractivity contribution < 1.29 is 27.9 Å². The molecule has 5 nitrogen and oxygen atoms in total. The normalized spacial score (nSPS) is 18.9. The fraction of sp³-hybridized carbons (Fsp3) is 0.462. The molecule has 0 bridgehead atoms. The van der Waals surface area contributed by atoms with Gasteiger partial charge in [0.15, 0.2) is 0 Å². The molecule has 1 aromatic rings. The number of amides is 1. The molecular formula is C13H13F3N2O3. The van der Waals surface area contributed by atoms with Gasteiger partial charge in [0.1, 0.15) is 11.7 Å². The van der Waals surface area contributed by atoms with E-state index in [-0.39, 0.29) is 17.8 Å². The number of carboxylic acids is 1. The summed E-state index contributed by atoms with van der Waals surface area (Å²) in [6.45, 7) is 1.57. The maximum absolute atomic E-state index is 12.5. The van der Waals surface area contributed by atoms with Crippen LogP contribution in [-0.4, -0.2) is 39.5 Å². The molecule has 0 spiro atoms. The summed E-state index contributed by atoms with van der Waals surface area (Å²) >= 11 is 0. The number of nitrogens with zero attached hydrogens (tertiary/aromatic N) is 2. The first-order valence-electron chi connectivity index (χ1n) is 6.30. The molecular weight excluding hydrogens is 289 g/mol. The Morgan fingerprint density at radius 2 is 2.05 bits per heavy atom. The van der Waals surface area contributed by atoms with Crippen molar-refractivity contribution in [3.8, 4) is 0 Å². The minimum absolute atomic E-state index is 0.00356. The van der Waals surface area contributed by atoms with Crippen LogP contribution in [0.3, 0.4) is 0 Å². The highest BCUT2D eigenvalue weighted by molar-refractivity contribution is 5.97. The Hall–Kier alpha value is -2.12. The van der Waals surface area contributed by atoms with Crippen LogP contribution < -0.4 is 0 Å². The Labute approximate surface area is 118 Å². The van der Waals surface area contributed by atoms with Gasteiger partial charge in [-0.25, -0.2) is 9.78 Å². The van der Waals surface area contributed by atoms with E-state index in [0.29, 0.717) is 12.8 Å². The molecule has 2 rings (SSSR count). The first-order valence-corrected chi connectivity index (χ1v) is 6.30. The summed E-state index contributed by atoms with van der Waals surface area (Å²) in [5, 5.41) is 9.04. The van der Waals surface area contributed by atoms with E-state index in [9.17, 15) is 22.8 Å². The minimum Gasteiger partial charge on any atom is -0.480 e. The van der Waals surface area contributed by atoms with Crippen molar-refractivity contribution in [3.63, 3.8) is 0 Å². The number of aliphatic carboxylic acids is 1. The maximum atomic E-state index is 12.5. The zero-order valence-electron chi connectivity index (χ0n) is 11.1. The topological polar surface area (TPSA) is 70.5 Å². The Morgan fingerprint density at radius 1 is 1.38 bits per heavy atom. The molecule has 0 aliphatic carbocycles. The summed E-state index contributed by atoms with van der Waals surface area (Å²) in [5.74, 6) is -1.71. The van der Waals surface area contributed by atoms with Crippen LogP contribution in [0.5, 0.6) is 0 Å². The molecule has 21 heavy (non-hydrogen) atoms. The molecule has 8 heteroatoms. The fourth-order valence-corrected chi connectivity index (χ4v) is 2.37. The smallest absolute Gasteiger partial charge is 0.433 e. The molecule has 0 saturated carbocycles. The van der Waals surface area contributed by atoms with Gasteiger partial charge in [-0.3, -0.25) is 4.79 Å². The average molecular weight is 302 g/mol. The largest absolute Gasteiger partial charge is 0.480 e. The molecule has 1 aromatic heterocycles. The second-order valence-electron chi connectivity index (χ2n) is 4.82. The Balaban J connectivity index is 2.30. The van der Waals surface area contributed by atoms with Gasteiger partial charge < -0.3 is 10.0 Å². The highest BCUT2D eigenvalue weighted by atomic mass is 19.4. The third kappa shape index (κ3) is 2.98. The van der Waals surface area contributed by atoms with Crippen molar-refractivity contribution >= 4 is 11.9 Å². The van der Waals surface area contributed by atoms with E-state index in [1.54, 1.807) is 0 Å². The summed E-state index contributed by atoms with van der Waals surface area (Å²) in [4.78, 5) is 27.9. The predicted molar refractivity (Wildman–Crippen MR) is 65.7 cm³/mol. The Kier molecular flexibility index (Phi) is 3.89. The van der Waals surface area contributed by atoms with E-state index >= 15 is 0 Å². The van der Waals surface area contributed by atoms with E-state index < -0.39 is 29.8 Å². The number of hydrogen-bond donors (Lipinski definition) is 1. The molecule has 0 aromatic carbocycles. The monoisotopic (exact) mass is 302 g/mol. The second kappa shape index (κ2) is 5.34. The lowest BCUT2D eigenvalue weighted by molar-refractivity contribution is -0.142. The molecule has 1 atom stereocenters. The van der Waals surface area contributed by atoms with Gasteiger partial charge in [-0.15, -0.1) is 0 Å². The number of alkyl halides is 3. The molecule has 0 unspecified atom stereocenters. The lowest BCUT2D eigenvalue weighted by Crippen LogP contribution is -2.40. The van der Waals surface area contributed by atoms with Gasteiger partial charge in [0, 0.05) is 6.54 Å². The quantitative estimate of drug-likeness (QED) is 0.908. The van der Waals surface area contributed by atoms with E-state index in [0.717, 1.165) is 12.1 Å². The lowest BCUT2D eigenvalue weighted by atomic mass is 10.1. The van der Waals surface area contributed by atoms with Crippen LogP contribution in [0.4, 0.5) is 13.2 Å². The molecule has 0 radical (unpaired) electrons. The Bertz CT molecular complexity index is 587. The number of likely N-dealkylation sites (tertiary alicyclic amines) is 1. The molecule has 2 heterocycles. The zero-order valence-corrected chi connectivity index (χ0v) is 11.1. The summed E-state index contributed by atoms with van der Waals surface area (Å²) in [6, 6.07) is 0.843. The van der Waals surface area contributed by atoms with Crippen LogP contribution in [0.15, 0.2) is 12.1 Å². The first kappa shape index (κ1) is 15.3. The van der Waals surface area contributed by atoms with Crippen molar-refractivity contribution in [2.24, 2.45) is 0 Å². The first-order chi connectivity index (χ1) is 9.71. The third-order valence-corrected chi connectivity index (χ3v) is 3.41. The SMILES string of the molecule is Cc1nc(C(F)(F)F)ccc1C(=O)N1CCC[C@H]1C(=O)O. The van der Waals surface area contributed by atoms with Gasteiger partial charge in [0.05, 0.1) is 11.3 Å². The number of carbonyl (C=O) groups is 2. The Morgan fingerprint density at radius 3 is 2.57 bits per heavy atom. The number of carbonyl (C=O) groups excluding carboxylic acids is 1. The van der Waals surface area contributed by atoms with Crippen LogP contribution in [0.2, 0.25) is 0 Å². The molecule has 1 saturated heterocycles. The van der Waals surface area contributed by atoms with Gasteiger partial charge in [-0.1, -0.05) is 0 Å². The zero-order chi connectivity index (χ0) is 15.8. The molecule has 1 fully saturated rings. The maximum Gasteiger partial charge on any atom is 0.433 e. The second-order valence-corrected chi connectivity index (χ2v) is 4.82.